The Morgan fingerprint density at radius 2 is 2.21 bits per heavy atom. The molecular formula is C13H20S. The first-order valence-corrected chi connectivity index (χ1v) is 6.48. The van der Waals surface area contributed by atoms with Gasteiger partial charge in [0.05, 0.1) is 0 Å². The molecule has 0 amide bonds. The van der Waals surface area contributed by atoms with Crippen LogP contribution in [0.15, 0.2) is 11.4 Å². The summed E-state index contributed by atoms with van der Waals surface area (Å²) in [5, 5.41) is 2.25. The van der Waals surface area contributed by atoms with Crippen molar-refractivity contribution >= 4 is 11.3 Å². The molecule has 0 saturated heterocycles. The van der Waals surface area contributed by atoms with Gasteiger partial charge in [-0.25, -0.2) is 0 Å². The van der Waals surface area contributed by atoms with Crippen molar-refractivity contribution in [3.05, 3.63) is 21.9 Å². The normalized spacial score (nSPS) is 22.1. The highest BCUT2D eigenvalue weighted by atomic mass is 32.1. The van der Waals surface area contributed by atoms with Gasteiger partial charge in [0.25, 0.3) is 0 Å². The van der Waals surface area contributed by atoms with E-state index in [1.54, 1.807) is 10.4 Å². The van der Waals surface area contributed by atoms with E-state index in [2.05, 4.69) is 32.2 Å². The molecule has 0 spiro atoms. The van der Waals surface area contributed by atoms with Crippen molar-refractivity contribution in [3.8, 4) is 0 Å². The summed E-state index contributed by atoms with van der Waals surface area (Å²) in [6.45, 7) is 7.07. The maximum atomic E-state index is 2.36. The summed E-state index contributed by atoms with van der Waals surface area (Å²) < 4.78 is 0. The van der Waals surface area contributed by atoms with E-state index in [4.69, 9.17) is 0 Å². The summed E-state index contributed by atoms with van der Waals surface area (Å²) in [7, 11) is 0. The predicted molar refractivity (Wildman–Crippen MR) is 63.9 cm³/mol. The molecule has 1 atom stereocenters. The van der Waals surface area contributed by atoms with Crippen LogP contribution in [-0.2, 0) is 12.8 Å². The zero-order chi connectivity index (χ0) is 10.2. The molecule has 0 bridgehead atoms. The van der Waals surface area contributed by atoms with Gasteiger partial charge in [0.1, 0.15) is 0 Å². The number of hydrogen-bond acceptors (Lipinski definition) is 1. The summed E-state index contributed by atoms with van der Waals surface area (Å²) in [6.07, 6.45) is 5.44. The fraction of sp³-hybridized carbons (Fsp3) is 0.692. The van der Waals surface area contributed by atoms with Crippen LogP contribution in [0.25, 0.3) is 0 Å². The topological polar surface area (TPSA) is 0 Å². The Labute approximate surface area is 91.4 Å². The number of aryl methyl sites for hydroxylation is 1. The van der Waals surface area contributed by atoms with Crippen LogP contribution < -0.4 is 0 Å². The van der Waals surface area contributed by atoms with Crippen LogP contribution in [0.5, 0.6) is 0 Å². The van der Waals surface area contributed by atoms with Gasteiger partial charge in [-0.3, -0.25) is 0 Å². The fourth-order valence-corrected chi connectivity index (χ4v) is 3.49. The molecule has 78 valence electrons. The van der Waals surface area contributed by atoms with Gasteiger partial charge in [-0.15, -0.1) is 11.3 Å². The average molecular weight is 208 g/mol. The number of hydrogen-bond donors (Lipinski definition) is 0. The third-order valence-electron chi connectivity index (χ3n) is 3.03. The molecule has 1 aromatic heterocycles. The first kappa shape index (κ1) is 10.2. The molecule has 1 unspecified atom stereocenters. The molecule has 1 aliphatic rings. The number of thiophene rings is 1. The zero-order valence-corrected chi connectivity index (χ0v) is 10.3. The Balaban J connectivity index is 2.01. The van der Waals surface area contributed by atoms with E-state index < -0.39 is 0 Å². The van der Waals surface area contributed by atoms with Gasteiger partial charge in [-0.05, 0) is 54.0 Å². The molecule has 1 heterocycles. The quantitative estimate of drug-likeness (QED) is 0.646. The molecule has 0 radical (unpaired) electrons. The molecule has 0 aromatic carbocycles. The Hall–Kier alpha value is -0.300. The van der Waals surface area contributed by atoms with Crippen LogP contribution in [0.1, 0.15) is 44.1 Å². The van der Waals surface area contributed by atoms with E-state index in [0.29, 0.717) is 5.41 Å². The lowest BCUT2D eigenvalue weighted by molar-refractivity contribution is 0.275. The number of rotatable bonds is 1. The molecule has 0 fully saturated rings. The lowest BCUT2D eigenvalue weighted by Gasteiger charge is -2.28. The van der Waals surface area contributed by atoms with Crippen molar-refractivity contribution in [2.24, 2.45) is 11.3 Å². The van der Waals surface area contributed by atoms with Gasteiger partial charge in [-0.2, -0.15) is 0 Å². The van der Waals surface area contributed by atoms with Gasteiger partial charge in [0.2, 0.25) is 0 Å². The highest BCUT2D eigenvalue weighted by Gasteiger charge is 2.23. The molecule has 1 aliphatic carbocycles. The minimum absolute atomic E-state index is 0.498. The predicted octanol–water partition coefficient (Wildman–Crippen LogP) is 4.29. The molecule has 0 N–H and O–H groups in total. The Morgan fingerprint density at radius 1 is 1.43 bits per heavy atom. The lowest BCUT2D eigenvalue weighted by Crippen LogP contribution is -2.19. The second-order valence-corrected chi connectivity index (χ2v) is 6.74. The van der Waals surface area contributed by atoms with Crippen molar-refractivity contribution in [2.75, 3.05) is 0 Å². The monoisotopic (exact) mass is 208 g/mol. The summed E-state index contributed by atoms with van der Waals surface area (Å²) >= 11 is 1.95. The molecule has 1 aromatic rings. The van der Waals surface area contributed by atoms with Crippen LogP contribution >= 0.6 is 11.3 Å². The zero-order valence-electron chi connectivity index (χ0n) is 9.47. The van der Waals surface area contributed by atoms with E-state index in [9.17, 15) is 0 Å². The molecular weight excluding hydrogens is 188 g/mol. The van der Waals surface area contributed by atoms with Crippen molar-refractivity contribution in [1.82, 2.24) is 0 Å². The largest absolute Gasteiger partial charge is 0.149 e. The second-order valence-electron chi connectivity index (χ2n) is 5.74. The molecule has 0 saturated carbocycles. The SMILES string of the molecule is CC(C)(C)CC1CCc2sccc2C1. The third-order valence-corrected chi connectivity index (χ3v) is 4.05. The van der Waals surface area contributed by atoms with Gasteiger partial charge >= 0.3 is 0 Å². The lowest BCUT2D eigenvalue weighted by atomic mass is 9.77. The van der Waals surface area contributed by atoms with Gasteiger partial charge in [0, 0.05) is 4.88 Å². The van der Waals surface area contributed by atoms with E-state index >= 15 is 0 Å². The van der Waals surface area contributed by atoms with Crippen molar-refractivity contribution in [3.63, 3.8) is 0 Å². The van der Waals surface area contributed by atoms with Crippen molar-refractivity contribution in [2.45, 2.75) is 46.5 Å². The highest BCUT2D eigenvalue weighted by molar-refractivity contribution is 7.10. The third kappa shape index (κ3) is 2.38. The van der Waals surface area contributed by atoms with E-state index in [1.165, 1.54) is 25.7 Å². The summed E-state index contributed by atoms with van der Waals surface area (Å²) in [4.78, 5) is 1.65. The van der Waals surface area contributed by atoms with Crippen LogP contribution in [-0.4, -0.2) is 0 Å². The second kappa shape index (κ2) is 3.69. The minimum atomic E-state index is 0.498. The Morgan fingerprint density at radius 3 is 2.93 bits per heavy atom. The summed E-state index contributed by atoms with van der Waals surface area (Å²) in [5.74, 6) is 0.928. The van der Waals surface area contributed by atoms with E-state index in [0.717, 1.165) is 5.92 Å². The van der Waals surface area contributed by atoms with Crippen LogP contribution in [0.4, 0.5) is 0 Å². The number of fused-ring (bicyclic) bond motifs is 1. The van der Waals surface area contributed by atoms with E-state index in [-0.39, 0.29) is 0 Å². The summed E-state index contributed by atoms with van der Waals surface area (Å²) in [6, 6.07) is 2.33. The van der Waals surface area contributed by atoms with Crippen molar-refractivity contribution in [1.29, 1.82) is 0 Å². The molecule has 0 aliphatic heterocycles. The van der Waals surface area contributed by atoms with Crippen molar-refractivity contribution < 1.29 is 0 Å². The molecule has 2 rings (SSSR count). The van der Waals surface area contributed by atoms with Gasteiger partial charge in [0.15, 0.2) is 0 Å². The Bertz CT molecular complexity index is 303. The average Bonchev–Trinajstić information content (AvgIpc) is 2.47. The Kier molecular flexibility index (Phi) is 2.70. The van der Waals surface area contributed by atoms with E-state index in [1.807, 2.05) is 11.3 Å². The van der Waals surface area contributed by atoms with Crippen LogP contribution in [0.2, 0.25) is 0 Å². The fourth-order valence-electron chi connectivity index (χ4n) is 2.56. The first-order chi connectivity index (χ1) is 6.54. The van der Waals surface area contributed by atoms with Crippen LogP contribution in [0, 0.1) is 11.3 Å². The first-order valence-electron chi connectivity index (χ1n) is 5.60. The molecule has 14 heavy (non-hydrogen) atoms. The van der Waals surface area contributed by atoms with Gasteiger partial charge < -0.3 is 0 Å². The maximum Gasteiger partial charge on any atom is 0.00774 e. The molecule has 0 nitrogen and oxygen atoms in total. The summed E-state index contributed by atoms with van der Waals surface area (Å²) in [5.41, 5.74) is 2.13. The molecule has 1 heteroatoms. The van der Waals surface area contributed by atoms with Crippen LogP contribution in [0.3, 0.4) is 0 Å². The highest BCUT2D eigenvalue weighted by Crippen LogP contribution is 2.35. The minimum Gasteiger partial charge on any atom is -0.149 e. The maximum absolute atomic E-state index is 2.36. The smallest absolute Gasteiger partial charge is 0.00774 e. The van der Waals surface area contributed by atoms with Gasteiger partial charge in [-0.1, -0.05) is 20.8 Å². The standard InChI is InChI=1S/C13H20S/c1-13(2,3)9-10-4-5-12-11(8-10)6-7-14-12/h6-7,10H,4-5,8-9H2,1-3H3.